The van der Waals surface area contributed by atoms with Crippen molar-refractivity contribution >= 4 is 5.69 Å². The monoisotopic (exact) mass is 282 g/mol. The number of rotatable bonds is 5. The first-order valence-electron chi connectivity index (χ1n) is 7.01. The summed E-state index contributed by atoms with van der Waals surface area (Å²) in [7, 11) is 0. The number of benzene rings is 1. The van der Waals surface area contributed by atoms with E-state index in [2.05, 4.69) is 9.80 Å². The highest BCUT2D eigenvalue weighted by atomic mass is 19.1. The number of hydrogen-bond acceptors (Lipinski definition) is 4. The lowest BCUT2D eigenvalue weighted by atomic mass is 9.92. The van der Waals surface area contributed by atoms with Crippen molar-refractivity contribution in [1.82, 2.24) is 4.90 Å². The first-order valence-corrected chi connectivity index (χ1v) is 7.01. The Morgan fingerprint density at radius 3 is 2.10 bits per heavy atom. The second-order valence-corrected chi connectivity index (χ2v) is 5.87. The zero-order valence-corrected chi connectivity index (χ0v) is 11.9. The van der Waals surface area contributed by atoms with Crippen LogP contribution in [0.2, 0.25) is 0 Å². The van der Waals surface area contributed by atoms with Crippen LogP contribution in [0.5, 0.6) is 0 Å². The van der Waals surface area contributed by atoms with Crippen LogP contribution in [0, 0.1) is 11.2 Å². The molecule has 1 heterocycles. The van der Waals surface area contributed by atoms with Gasteiger partial charge >= 0.3 is 0 Å². The van der Waals surface area contributed by atoms with Crippen LogP contribution in [0.4, 0.5) is 10.1 Å². The minimum Gasteiger partial charge on any atom is -0.396 e. The molecule has 2 N–H and O–H groups in total. The molecule has 0 bridgehead atoms. The van der Waals surface area contributed by atoms with Crippen molar-refractivity contribution < 1.29 is 14.6 Å². The van der Waals surface area contributed by atoms with Crippen molar-refractivity contribution in [2.45, 2.75) is 6.92 Å². The molecular formula is C15H23FN2O2. The average molecular weight is 282 g/mol. The van der Waals surface area contributed by atoms with Crippen molar-refractivity contribution in [1.29, 1.82) is 0 Å². The van der Waals surface area contributed by atoms with E-state index in [-0.39, 0.29) is 19.0 Å². The Labute approximate surface area is 119 Å². The molecule has 1 aliphatic rings. The number of halogens is 1. The van der Waals surface area contributed by atoms with E-state index in [4.69, 9.17) is 0 Å². The molecule has 20 heavy (non-hydrogen) atoms. The summed E-state index contributed by atoms with van der Waals surface area (Å²) in [5.41, 5.74) is 0.594. The SMILES string of the molecule is CC(CO)(CO)CN1CCN(c2ccc(F)cc2)CC1. The first kappa shape index (κ1) is 15.2. The van der Waals surface area contributed by atoms with E-state index in [9.17, 15) is 14.6 Å². The maximum Gasteiger partial charge on any atom is 0.123 e. The van der Waals surface area contributed by atoms with E-state index in [1.54, 1.807) is 12.1 Å². The van der Waals surface area contributed by atoms with Gasteiger partial charge in [-0.05, 0) is 24.3 Å². The predicted octanol–water partition coefficient (Wildman–Crippen LogP) is 0.939. The summed E-state index contributed by atoms with van der Waals surface area (Å²) in [4.78, 5) is 4.48. The standard InChI is InChI=1S/C15H23FN2O2/c1-15(11-19,12-20)10-17-6-8-18(9-7-17)14-4-2-13(16)3-5-14/h2-5,19-20H,6-12H2,1H3. The van der Waals surface area contributed by atoms with Crippen molar-refractivity contribution in [2.75, 3.05) is 50.8 Å². The minimum absolute atomic E-state index is 0.0122. The van der Waals surface area contributed by atoms with Gasteiger partial charge in [0.1, 0.15) is 5.82 Å². The summed E-state index contributed by atoms with van der Waals surface area (Å²) < 4.78 is 12.9. The highest BCUT2D eigenvalue weighted by Crippen LogP contribution is 2.20. The normalized spacial score (nSPS) is 17.5. The molecule has 1 saturated heterocycles. The fourth-order valence-corrected chi connectivity index (χ4v) is 2.51. The van der Waals surface area contributed by atoms with Gasteiger partial charge < -0.3 is 15.1 Å². The van der Waals surface area contributed by atoms with Crippen LogP contribution >= 0.6 is 0 Å². The number of aliphatic hydroxyl groups excluding tert-OH is 2. The Hall–Kier alpha value is -1.17. The van der Waals surface area contributed by atoms with Gasteiger partial charge in [0.2, 0.25) is 0 Å². The molecular weight excluding hydrogens is 259 g/mol. The molecule has 0 amide bonds. The van der Waals surface area contributed by atoms with Crippen LogP contribution < -0.4 is 4.90 Å². The maximum absolute atomic E-state index is 12.9. The summed E-state index contributed by atoms with van der Waals surface area (Å²) in [6.07, 6.45) is 0. The molecule has 1 aliphatic heterocycles. The zero-order valence-electron chi connectivity index (χ0n) is 11.9. The van der Waals surface area contributed by atoms with Crippen molar-refractivity contribution in [2.24, 2.45) is 5.41 Å². The zero-order chi connectivity index (χ0) is 14.6. The lowest BCUT2D eigenvalue weighted by Gasteiger charge is -2.39. The van der Waals surface area contributed by atoms with Gasteiger partial charge in [-0.3, -0.25) is 4.90 Å². The number of hydrogen-bond donors (Lipinski definition) is 2. The highest BCUT2D eigenvalue weighted by molar-refractivity contribution is 5.46. The van der Waals surface area contributed by atoms with Crippen molar-refractivity contribution in [3.8, 4) is 0 Å². The molecule has 1 aromatic carbocycles. The van der Waals surface area contributed by atoms with Gasteiger partial charge in [0.05, 0.1) is 13.2 Å². The van der Waals surface area contributed by atoms with Gasteiger partial charge in [0.25, 0.3) is 0 Å². The first-order chi connectivity index (χ1) is 9.56. The van der Waals surface area contributed by atoms with Gasteiger partial charge in [-0.15, -0.1) is 0 Å². The molecule has 4 nitrogen and oxygen atoms in total. The molecule has 1 aromatic rings. The van der Waals surface area contributed by atoms with E-state index >= 15 is 0 Å². The van der Waals surface area contributed by atoms with Gasteiger partial charge in [0.15, 0.2) is 0 Å². The molecule has 0 unspecified atom stereocenters. The molecule has 5 heteroatoms. The summed E-state index contributed by atoms with van der Waals surface area (Å²) >= 11 is 0. The van der Waals surface area contributed by atoms with Crippen LogP contribution in [-0.2, 0) is 0 Å². The average Bonchev–Trinajstić information content (AvgIpc) is 2.49. The second-order valence-electron chi connectivity index (χ2n) is 5.87. The third-order valence-corrected chi connectivity index (χ3v) is 3.93. The van der Waals surface area contributed by atoms with Crippen LogP contribution in [0.25, 0.3) is 0 Å². The van der Waals surface area contributed by atoms with Gasteiger partial charge in [-0.25, -0.2) is 4.39 Å². The molecule has 0 radical (unpaired) electrons. The van der Waals surface area contributed by atoms with E-state index < -0.39 is 5.41 Å². The Kier molecular flexibility index (Phi) is 4.96. The predicted molar refractivity (Wildman–Crippen MR) is 77.3 cm³/mol. The largest absolute Gasteiger partial charge is 0.396 e. The fraction of sp³-hybridized carbons (Fsp3) is 0.600. The molecule has 0 aliphatic carbocycles. The number of anilines is 1. The summed E-state index contributed by atoms with van der Waals surface area (Å²) in [6.45, 7) is 6.07. The lowest BCUT2D eigenvalue weighted by Crippen LogP contribution is -2.51. The van der Waals surface area contributed by atoms with Gasteiger partial charge in [-0.2, -0.15) is 0 Å². The molecule has 112 valence electrons. The van der Waals surface area contributed by atoms with Crippen molar-refractivity contribution in [3.63, 3.8) is 0 Å². The molecule has 2 rings (SSSR count). The van der Waals surface area contributed by atoms with E-state index in [1.165, 1.54) is 12.1 Å². The number of nitrogens with zero attached hydrogens (tertiary/aromatic N) is 2. The number of aliphatic hydroxyl groups is 2. The van der Waals surface area contributed by atoms with E-state index in [1.807, 2.05) is 6.92 Å². The summed E-state index contributed by atoms with van der Waals surface area (Å²) in [6, 6.07) is 6.57. The maximum atomic E-state index is 12.9. The second kappa shape index (κ2) is 6.52. The Bertz CT molecular complexity index is 412. The van der Waals surface area contributed by atoms with Crippen LogP contribution in [0.15, 0.2) is 24.3 Å². The fourth-order valence-electron chi connectivity index (χ4n) is 2.51. The molecule has 0 spiro atoms. The minimum atomic E-state index is -0.446. The molecule has 0 aromatic heterocycles. The molecule has 0 atom stereocenters. The third-order valence-electron chi connectivity index (χ3n) is 3.93. The van der Waals surface area contributed by atoms with Crippen LogP contribution in [0.3, 0.4) is 0 Å². The Balaban J connectivity index is 1.87. The Morgan fingerprint density at radius 2 is 1.60 bits per heavy atom. The molecule has 1 fully saturated rings. The Morgan fingerprint density at radius 1 is 1.05 bits per heavy atom. The summed E-state index contributed by atoms with van der Waals surface area (Å²) in [5.74, 6) is -0.214. The summed E-state index contributed by atoms with van der Waals surface area (Å²) in [5, 5.41) is 18.7. The van der Waals surface area contributed by atoms with E-state index in [0.29, 0.717) is 6.54 Å². The topological polar surface area (TPSA) is 46.9 Å². The molecule has 0 saturated carbocycles. The highest BCUT2D eigenvalue weighted by Gasteiger charge is 2.27. The van der Waals surface area contributed by atoms with E-state index in [0.717, 1.165) is 31.9 Å². The smallest absolute Gasteiger partial charge is 0.123 e. The van der Waals surface area contributed by atoms with Gasteiger partial charge in [-0.1, -0.05) is 6.92 Å². The quantitative estimate of drug-likeness (QED) is 0.844. The van der Waals surface area contributed by atoms with Crippen molar-refractivity contribution in [3.05, 3.63) is 30.1 Å². The lowest BCUT2D eigenvalue weighted by molar-refractivity contribution is 0.0336. The van der Waals surface area contributed by atoms with Gasteiger partial charge in [0, 0.05) is 43.8 Å². The van der Waals surface area contributed by atoms with Crippen LogP contribution in [0.1, 0.15) is 6.92 Å². The third kappa shape index (κ3) is 3.69. The number of piperazine rings is 1. The van der Waals surface area contributed by atoms with Crippen LogP contribution in [-0.4, -0.2) is 61.1 Å².